The first-order chi connectivity index (χ1) is 7.74. The zero-order chi connectivity index (χ0) is 11.1. The molecule has 0 aliphatic heterocycles. The second-order valence-corrected chi connectivity index (χ2v) is 5.35. The van der Waals surface area contributed by atoms with Crippen LogP contribution in [-0.2, 0) is 0 Å². The van der Waals surface area contributed by atoms with Gasteiger partial charge in [0.25, 0.3) is 0 Å². The molecule has 0 unspecified atom stereocenters. The molecular weight excluding hydrogens is 288 g/mol. The van der Waals surface area contributed by atoms with Crippen molar-refractivity contribution in [3.8, 4) is 11.4 Å². The predicted octanol–water partition coefficient (Wildman–Crippen LogP) is 4.37. The Labute approximate surface area is 107 Å². The minimum absolute atomic E-state index is 0.701. The summed E-state index contributed by atoms with van der Waals surface area (Å²) in [6, 6.07) is 5.86. The molecule has 16 heavy (non-hydrogen) atoms. The van der Waals surface area contributed by atoms with Crippen LogP contribution in [0.2, 0.25) is 5.02 Å². The number of nitrogens with zero attached hydrogens (tertiary/aromatic N) is 1. The summed E-state index contributed by atoms with van der Waals surface area (Å²) >= 11 is 9.43. The first-order valence-electron chi connectivity index (χ1n) is 5.24. The van der Waals surface area contributed by atoms with Gasteiger partial charge in [-0.1, -0.05) is 17.7 Å². The van der Waals surface area contributed by atoms with Crippen molar-refractivity contribution in [2.24, 2.45) is 0 Å². The summed E-state index contributed by atoms with van der Waals surface area (Å²) in [5.41, 5.74) is 2.27. The Morgan fingerprint density at radius 1 is 1.38 bits per heavy atom. The second-order valence-electron chi connectivity index (χ2n) is 4.09. The molecule has 2 aromatic rings. The number of imidazole rings is 1. The molecule has 1 aromatic heterocycles. The van der Waals surface area contributed by atoms with E-state index < -0.39 is 0 Å². The SMILES string of the molecule is Clc1cc(-c2ncc(C3CC3)[nH]2)ccc1Br. The Morgan fingerprint density at radius 3 is 2.88 bits per heavy atom. The van der Waals surface area contributed by atoms with Crippen LogP contribution in [0.5, 0.6) is 0 Å². The zero-order valence-electron chi connectivity index (χ0n) is 8.50. The molecule has 0 atom stereocenters. The molecule has 4 heteroatoms. The number of hydrogen-bond donors (Lipinski definition) is 1. The van der Waals surface area contributed by atoms with Crippen LogP contribution in [-0.4, -0.2) is 9.97 Å². The summed E-state index contributed by atoms with van der Waals surface area (Å²) in [5.74, 6) is 1.60. The molecule has 1 aromatic carbocycles. The van der Waals surface area contributed by atoms with Gasteiger partial charge in [-0.15, -0.1) is 0 Å². The van der Waals surface area contributed by atoms with Crippen LogP contribution in [0.15, 0.2) is 28.9 Å². The van der Waals surface area contributed by atoms with Crippen molar-refractivity contribution >= 4 is 27.5 Å². The van der Waals surface area contributed by atoms with Crippen molar-refractivity contribution < 1.29 is 0 Å². The van der Waals surface area contributed by atoms with Gasteiger partial charge in [0.1, 0.15) is 5.82 Å². The lowest BCUT2D eigenvalue weighted by molar-refractivity contribution is 1.05. The van der Waals surface area contributed by atoms with E-state index in [2.05, 4.69) is 25.9 Å². The van der Waals surface area contributed by atoms with E-state index in [1.165, 1.54) is 18.5 Å². The van der Waals surface area contributed by atoms with E-state index in [1.807, 2.05) is 24.4 Å². The highest BCUT2D eigenvalue weighted by Crippen LogP contribution is 2.39. The lowest BCUT2D eigenvalue weighted by Gasteiger charge is -1.99. The van der Waals surface area contributed by atoms with Crippen LogP contribution >= 0.6 is 27.5 Å². The van der Waals surface area contributed by atoms with Crippen molar-refractivity contribution in [1.82, 2.24) is 9.97 Å². The van der Waals surface area contributed by atoms with Crippen LogP contribution in [0.3, 0.4) is 0 Å². The Hall–Kier alpha value is -0.800. The van der Waals surface area contributed by atoms with E-state index in [-0.39, 0.29) is 0 Å². The van der Waals surface area contributed by atoms with Crippen LogP contribution in [0, 0.1) is 0 Å². The van der Waals surface area contributed by atoms with Gasteiger partial charge in [0.05, 0.1) is 5.02 Å². The lowest BCUT2D eigenvalue weighted by atomic mass is 10.2. The van der Waals surface area contributed by atoms with Gasteiger partial charge in [-0.2, -0.15) is 0 Å². The molecule has 0 saturated heterocycles. The van der Waals surface area contributed by atoms with E-state index in [9.17, 15) is 0 Å². The standard InChI is InChI=1S/C12H10BrClN2/c13-9-4-3-8(5-10(9)14)12-15-6-11(16-12)7-1-2-7/h3-7H,1-2H2,(H,15,16). The smallest absolute Gasteiger partial charge is 0.137 e. The summed E-state index contributed by atoms with van der Waals surface area (Å²) in [4.78, 5) is 7.74. The summed E-state index contributed by atoms with van der Waals surface area (Å²) in [7, 11) is 0. The van der Waals surface area contributed by atoms with Gasteiger partial charge in [-0.25, -0.2) is 4.98 Å². The van der Waals surface area contributed by atoms with Crippen LogP contribution in [0.25, 0.3) is 11.4 Å². The number of aromatic nitrogens is 2. The highest BCUT2D eigenvalue weighted by molar-refractivity contribution is 9.10. The minimum Gasteiger partial charge on any atom is -0.342 e. The van der Waals surface area contributed by atoms with E-state index >= 15 is 0 Å². The van der Waals surface area contributed by atoms with Gasteiger partial charge in [0, 0.05) is 27.8 Å². The molecule has 3 rings (SSSR count). The highest BCUT2D eigenvalue weighted by atomic mass is 79.9. The van der Waals surface area contributed by atoms with E-state index in [0.29, 0.717) is 10.9 Å². The van der Waals surface area contributed by atoms with Crippen LogP contribution < -0.4 is 0 Å². The number of aromatic amines is 1. The highest BCUT2D eigenvalue weighted by Gasteiger charge is 2.25. The van der Waals surface area contributed by atoms with Crippen molar-refractivity contribution in [1.29, 1.82) is 0 Å². The molecule has 0 amide bonds. The molecule has 0 bridgehead atoms. The maximum atomic E-state index is 6.06. The molecule has 1 N–H and O–H groups in total. The predicted molar refractivity (Wildman–Crippen MR) is 68.7 cm³/mol. The molecule has 2 nitrogen and oxygen atoms in total. The Morgan fingerprint density at radius 2 is 2.19 bits per heavy atom. The maximum absolute atomic E-state index is 6.06. The largest absolute Gasteiger partial charge is 0.342 e. The Balaban J connectivity index is 1.97. The molecule has 1 heterocycles. The molecule has 1 saturated carbocycles. The van der Waals surface area contributed by atoms with Gasteiger partial charge < -0.3 is 4.98 Å². The van der Waals surface area contributed by atoms with Crippen molar-refractivity contribution in [3.05, 3.63) is 39.6 Å². The third-order valence-corrected chi connectivity index (χ3v) is 4.04. The number of hydrogen-bond acceptors (Lipinski definition) is 1. The van der Waals surface area contributed by atoms with Gasteiger partial charge in [0.2, 0.25) is 0 Å². The third-order valence-electron chi connectivity index (χ3n) is 2.81. The van der Waals surface area contributed by atoms with Gasteiger partial charge in [-0.3, -0.25) is 0 Å². The topological polar surface area (TPSA) is 28.7 Å². The molecule has 1 fully saturated rings. The van der Waals surface area contributed by atoms with Crippen molar-refractivity contribution in [2.75, 3.05) is 0 Å². The minimum atomic E-state index is 0.701. The first-order valence-corrected chi connectivity index (χ1v) is 6.41. The van der Waals surface area contributed by atoms with E-state index in [1.54, 1.807) is 0 Å². The summed E-state index contributed by atoms with van der Waals surface area (Å²) in [6.45, 7) is 0. The Bertz CT molecular complexity index is 532. The molecule has 0 radical (unpaired) electrons. The fourth-order valence-electron chi connectivity index (χ4n) is 1.73. The number of halogens is 2. The lowest BCUT2D eigenvalue weighted by Crippen LogP contribution is -1.82. The number of rotatable bonds is 2. The van der Waals surface area contributed by atoms with Crippen LogP contribution in [0.4, 0.5) is 0 Å². The summed E-state index contributed by atoms with van der Waals surface area (Å²) < 4.78 is 0.909. The second kappa shape index (κ2) is 3.90. The number of nitrogens with one attached hydrogen (secondary N) is 1. The number of H-pyrrole nitrogens is 1. The molecular formula is C12H10BrClN2. The Kier molecular flexibility index (Phi) is 2.52. The third kappa shape index (κ3) is 1.89. The summed E-state index contributed by atoms with van der Waals surface area (Å²) in [6.07, 6.45) is 4.49. The fourth-order valence-corrected chi connectivity index (χ4v) is 2.15. The average molecular weight is 298 g/mol. The van der Waals surface area contributed by atoms with Gasteiger partial charge >= 0.3 is 0 Å². The zero-order valence-corrected chi connectivity index (χ0v) is 10.8. The molecule has 82 valence electrons. The van der Waals surface area contributed by atoms with Crippen molar-refractivity contribution in [3.63, 3.8) is 0 Å². The fraction of sp³-hybridized carbons (Fsp3) is 0.250. The normalized spacial score (nSPS) is 15.4. The quantitative estimate of drug-likeness (QED) is 0.876. The molecule has 1 aliphatic carbocycles. The molecule has 0 spiro atoms. The summed E-state index contributed by atoms with van der Waals surface area (Å²) in [5, 5.41) is 0.710. The van der Waals surface area contributed by atoms with Gasteiger partial charge in [-0.05, 0) is 40.9 Å². The first kappa shape index (κ1) is 10.4. The van der Waals surface area contributed by atoms with Crippen molar-refractivity contribution in [2.45, 2.75) is 18.8 Å². The van der Waals surface area contributed by atoms with Crippen LogP contribution in [0.1, 0.15) is 24.5 Å². The van der Waals surface area contributed by atoms with E-state index in [0.717, 1.165) is 15.9 Å². The monoisotopic (exact) mass is 296 g/mol. The van der Waals surface area contributed by atoms with E-state index in [4.69, 9.17) is 11.6 Å². The maximum Gasteiger partial charge on any atom is 0.137 e. The number of benzene rings is 1. The average Bonchev–Trinajstić information content (AvgIpc) is 3.01. The molecule has 1 aliphatic rings. The van der Waals surface area contributed by atoms with Gasteiger partial charge in [0.15, 0.2) is 0 Å².